The van der Waals surface area contributed by atoms with Crippen molar-refractivity contribution >= 4 is 5.69 Å². The lowest BCUT2D eigenvalue weighted by molar-refractivity contribution is 0.395. The summed E-state index contributed by atoms with van der Waals surface area (Å²) in [5, 5.41) is 3.43. The minimum absolute atomic E-state index is 0.505. The van der Waals surface area contributed by atoms with Crippen molar-refractivity contribution in [1.82, 2.24) is 10.3 Å². The highest BCUT2D eigenvalue weighted by Crippen LogP contribution is 2.24. The Balaban J connectivity index is 1.95. The summed E-state index contributed by atoms with van der Waals surface area (Å²) in [5.74, 6) is 0.931. The number of aromatic nitrogens is 1. The summed E-state index contributed by atoms with van der Waals surface area (Å²) in [5.41, 5.74) is 2.48. The minimum Gasteiger partial charge on any atom is -0.371 e. The summed E-state index contributed by atoms with van der Waals surface area (Å²) in [6.45, 7) is 9.89. The molecule has 1 aliphatic heterocycles. The van der Waals surface area contributed by atoms with E-state index in [1.165, 1.54) is 38.0 Å². The molecular weight excluding hydrogens is 234 g/mol. The number of hydrogen-bond acceptors (Lipinski definition) is 3. The van der Waals surface area contributed by atoms with Crippen molar-refractivity contribution in [3.63, 3.8) is 0 Å². The summed E-state index contributed by atoms with van der Waals surface area (Å²) in [6.07, 6.45) is 5.93. The number of hydrogen-bond donors (Lipinski definition) is 1. The molecule has 2 heterocycles. The Labute approximate surface area is 117 Å². The molecule has 106 valence electrons. The van der Waals surface area contributed by atoms with Gasteiger partial charge in [0.15, 0.2) is 0 Å². The smallest absolute Gasteiger partial charge is 0.0562 e. The summed E-state index contributed by atoms with van der Waals surface area (Å²) >= 11 is 0. The number of pyridine rings is 1. The predicted octanol–water partition coefficient (Wildman–Crippen LogP) is 3.21. The van der Waals surface area contributed by atoms with Gasteiger partial charge in [0, 0.05) is 37.6 Å². The van der Waals surface area contributed by atoms with E-state index in [-0.39, 0.29) is 0 Å². The average Bonchev–Trinajstić information content (AvgIpc) is 2.45. The van der Waals surface area contributed by atoms with Crippen LogP contribution >= 0.6 is 0 Å². The first-order chi connectivity index (χ1) is 9.19. The van der Waals surface area contributed by atoms with Crippen molar-refractivity contribution in [2.75, 3.05) is 18.0 Å². The van der Waals surface area contributed by atoms with Gasteiger partial charge in [-0.05, 0) is 30.9 Å². The van der Waals surface area contributed by atoms with Crippen LogP contribution in [0.15, 0.2) is 18.3 Å². The lowest BCUT2D eigenvalue weighted by Crippen LogP contribution is -2.33. The Morgan fingerprint density at radius 1 is 1.37 bits per heavy atom. The van der Waals surface area contributed by atoms with Crippen molar-refractivity contribution in [2.45, 2.75) is 52.6 Å². The lowest BCUT2D eigenvalue weighted by Gasteiger charge is -2.33. The molecule has 0 amide bonds. The van der Waals surface area contributed by atoms with E-state index in [0.29, 0.717) is 6.04 Å². The fourth-order valence-corrected chi connectivity index (χ4v) is 2.67. The number of nitrogens with one attached hydrogen (secondary N) is 1. The molecule has 1 saturated heterocycles. The minimum atomic E-state index is 0.505. The standard InChI is InChI=1S/C16H27N3/c1-4-14-6-9-19(10-7-14)16-5-8-17-15(11-16)12-18-13(2)3/h5,8,11,13-14,18H,4,6-7,9-10,12H2,1-3H3. The SMILES string of the molecule is CCC1CCN(c2ccnc(CNC(C)C)c2)CC1. The van der Waals surface area contributed by atoms with Crippen molar-refractivity contribution in [3.8, 4) is 0 Å². The Morgan fingerprint density at radius 3 is 2.74 bits per heavy atom. The molecular formula is C16H27N3. The number of nitrogens with zero attached hydrogens (tertiary/aromatic N) is 2. The molecule has 0 bridgehead atoms. The van der Waals surface area contributed by atoms with Gasteiger partial charge in [0.25, 0.3) is 0 Å². The van der Waals surface area contributed by atoms with E-state index in [4.69, 9.17) is 0 Å². The highest BCUT2D eigenvalue weighted by Gasteiger charge is 2.18. The number of anilines is 1. The molecule has 1 fully saturated rings. The van der Waals surface area contributed by atoms with Crippen LogP contribution in [0.25, 0.3) is 0 Å². The van der Waals surface area contributed by atoms with Crippen LogP contribution in [0.4, 0.5) is 5.69 Å². The second-order valence-electron chi connectivity index (χ2n) is 5.88. The second-order valence-corrected chi connectivity index (χ2v) is 5.88. The molecule has 0 atom stereocenters. The normalized spacial score (nSPS) is 17.2. The van der Waals surface area contributed by atoms with Gasteiger partial charge in [0.2, 0.25) is 0 Å². The molecule has 1 aromatic rings. The van der Waals surface area contributed by atoms with Gasteiger partial charge < -0.3 is 10.2 Å². The van der Waals surface area contributed by atoms with Crippen LogP contribution in [-0.2, 0) is 6.54 Å². The first-order valence-corrected chi connectivity index (χ1v) is 7.62. The highest BCUT2D eigenvalue weighted by atomic mass is 15.1. The van der Waals surface area contributed by atoms with E-state index in [1.807, 2.05) is 6.20 Å². The monoisotopic (exact) mass is 261 g/mol. The van der Waals surface area contributed by atoms with Crippen molar-refractivity contribution in [2.24, 2.45) is 5.92 Å². The molecule has 0 spiro atoms. The van der Waals surface area contributed by atoms with E-state index in [1.54, 1.807) is 0 Å². The Bertz CT molecular complexity index is 381. The lowest BCUT2D eigenvalue weighted by atomic mass is 9.94. The van der Waals surface area contributed by atoms with E-state index in [2.05, 4.69) is 48.1 Å². The third kappa shape index (κ3) is 4.20. The van der Waals surface area contributed by atoms with Gasteiger partial charge in [-0.25, -0.2) is 0 Å². The third-order valence-corrected chi connectivity index (χ3v) is 4.05. The van der Waals surface area contributed by atoms with Gasteiger partial charge in [0.05, 0.1) is 5.69 Å². The molecule has 3 nitrogen and oxygen atoms in total. The molecule has 0 aromatic carbocycles. The maximum atomic E-state index is 4.45. The zero-order chi connectivity index (χ0) is 13.7. The Kier molecular flexibility index (Phi) is 5.20. The molecule has 1 N–H and O–H groups in total. The fourth-order valence-electron chi connectivity index (χ4n) is 2.67. The van der Waals surface area contributed by atoms with Gasteiger partial charge in [-0.2, -0.15) is 0 Å². The van der Waals surface area contributed by atoms with E-state index in [9.17, 15) is 0 Å². The molecule has 0 radical (unpaired) electrons. The van der Waals surface area contributed by atoms with E-state index >= 15 is 0 Å². The van der Waals surface area contributed by atoms with Crippen LogP contribution in [-0.4, -0.2) is 24.1 Å². The molecule has 19 heavy (non-hydrogen) atoms. The summed E-state index contributed by atoms with van der Waals surface area (Å²) in [7, 11) is 0. The highest BCUT2D eigenvalue weighted by molar-refractivity contribution is 5.46. The van der Waals surface area contributed by atoms with Gasteiger partial charge in [-0.15, -0.1) is 0 Å². The number of piperidine rings is 1. The maximum absolute atomic E-state index is 4.45. The van der Waals surface area contributed by atoms with Crippen LogP contribution in [0.5, 0.6) is 0 Å². The van der Waals surface area contributed by atoms with Crippen LogP contribution in [0.3, 0.4) is 0 Å². The maximum Gasteiger partial charge on any atom is 0.0562 e. The quantitative estimate of drug-likeness (QED) is 0.882. The van der Waals surface area contributed by atoms with Crippen LogP contribution in [0, 0.1) is 5.92 Å². The van der Waals surface area contributed by atoms with Gasteiger partial charge in [0.1, 0.15) is 0 Å². The summed E-state index contributed by atoms with van der Waals surface area (Å²) in [4.78, 5) is 6.95. The van der Waals surface area contributed by atoms with E-state index < -0.39 is 0 Å². The average molecular weight is 261 g/mol. The van der Waals surface area contributed by atoms with Crippen LogP contribution < -0.4 is 10.2 Å². The second kappa shape index (κ2) is 6.90. The zero-order valence-electron chi connectivity index (χ0n) is 12.5. The molecule has 1 aromatic heterocycles. The van der Waals surface area contributed by atoms with Gasteiger partial charge >= 0.3 is 0 Å². The summed E-state index contributed by atoms with van der Waals surface area (Å²) < 4.78 is 0. The largest absolute Gasteiger partial charge is 0.371 e. The Hall–Kier alpha value is -1.09. The molecule has 0 saturated carbocycles. The molecule has 0 aliphatic carbocycles. The van der Waals surface area contributed by atoms with Crippen LogP contribution in [0.1, 0.15) is 45.7 Å². The van der Waals surface area contributed by atoms with E-state index in [0.717, 1.165) is 18.2 Å². The van der Waals surface area contributed by atoms with Gasteiger partial charge in [-0.1, -0.05) is 27.2 Å². The van der Waals surface area contributed by atoms with Crippen molar-refractivity contribution in [1.29, 1.82) is 0 Å². The molecule has 1 aliphatic rings. The number of rotatable bonds is 5. The Morgan fingerprint density at radius 2 is 2.11 bits per heavy atom. The zero-order valence-corrected chi connectivity index (χ0v) is 12.5. The van der Waals surface area contributed by atoms with Crippen molar-refractivity contribution in [3.05, 3.63) is 24.0 Å². The summed E-state index contributed by atoms with van der Waals surface area (Å²) in [6, 6.07) is 4.89. The van der Waals surface area contributed by atoms with Gasteiger partial charge in [-0.3, -0.25) is 4.98 Å². The molecule has 2 rings (SSSR count). The third-order valence-electron chi connectivity index (χ3n) is 4.05. The topological polar surface area (TPSA) is 28.2 Å². The molecule has 3 heteroatoms. The molecule has 0 unspecified atom stereocenters. The van der Waals surface area contributed by atoms with Crippen LogP contribution in [0.2, 0.25) is 0 Å². The fraction of sp³-hybridized carbons (Fsp3) is 0.688. The first-order valence-electron chi connectivity index (χ1n) is 7.62. The van der Waals surface area contributed by atoms with Crippen molar-refractivity contribution < 1.29 is 0 Å². The predicted molar refractivity (Wildman–Crippen MR) is 81.4 cm³/mol. The first kappa shape index (κ1) is 14.3.